The van der Waals surface area contributed by atoms with E-state index in [1.807, 2.05) is 42.5 Å². The van der Waals surface area contributed by atoms with Gasteiger partial charge >= 0.3 is 0 Å². The molecule has 2 aromatic carbocycles. The molecule has 0 spiro atoms. The zero-order chi connectivity index (χ0) is 17.6. The Bertz CT molecular complexity index is 754. The molecule has 0 aliphatic carbocycles. The Hall–Kier alpha value is -2.40. The van der Waals surface area contributed by atoms with Gasteiger partial charge in [-0.05, 0) is 35.2 Å². The molecule has 132 valence electrons. The third-order valence-electron chi connectivity index (χ3n) is 4.85. The van der Waals surface area contributed by atoms with Gasteiger partial charge in [-0.15, -0.1) is 0 Å². The van der Waals surface area contributed by atoms with E-state index < -0.39 is 0 Å². The Morgan fingerprint density at radius 2 is 1.92 bits per heavy atom. The van der Waals surface area contributed by atoms with Crippen LogP contribution in [0.3, 0.4) is 0 Å². The largest absolute Gasteiger partial charge is 0.350 e. The van der Waals surface area contributed by atoms with E-state index in [0.29, 0.717) is 5.92 Å². The van der Waals surface area contributed by atoms with Gasteiger partial charge in [0.15, 0.2) is 0 Å². The molecular formula is C20H25N3O2. The van der Waals surface area contributed by atoms with Gasteiger partial charge in [-0.25, -0.2) is 0 Å². The van der Waals surface area contributed by atoms with Gasteiger partial charge in [0.1, 0.15) is 0 Å². The van der Waals surface area contributed by atoms with Crippen LogP contribution >= 0.6 is 0 Å². The number of benzene rings is 2. The lowest BCUT2D eigenvalue weighted by atomic mass is 9.95. The smallest absolute Gasteiger partial charge is 0.239 e. The van der Waals surface area contributed by atoms with E-state index in [1.165, 1.54) is 0 Å². The standard InChI is InChI=1S/C20H25N3O2/c1-14-9-10-21-12-18(14)23-20(25)13-22-19(24)11-16-7-4-6-15-5-2-3-8-17(15)16/h2-8,14,18,21H,9-13H2,1H3,(H,22,24)(H,23,25). The average Bonchev–Trinajstić information content (AvgIpc) is 2.62. The lowest BCUT2D eigenvalue weighted by Gasteiger charge is -2.30. The lowest BCUT2D eigenvalue weighted by Crippen LogP contribution is -2.52. The van der Waals surface area contributed by atoms with Crippen molar-refractivity contribution in [3.8, 4) is 0 Å². The summed E-state index contributed by atoms with van der Waals surface area (Å²) in [4.78, 5) is 24.3. The molecule has 1 heterocycles. The number of carbonyl (C=O) groups is 2. The summed E-state index contributed by atoms with van der Waals surface area (Å²) in [5, 5.41) is 11.2. The van der Waals surface area contributed by atoms with Crippen molar-refractivity contribution >= 4 is 22.6 Å². The fourth-order valence-electron chi connectivity index (χ4n) is 3.30. The van der Waals surface area contributed by atoms with Crippen molar-refractivity contribution in [2.45, 2.75) is 25.8 Å². The van der Waals surface area contributed by atoms with E-state index in [2.05, 4.69) is 22.9 Å². The monoisotopic (exact) mass is 339 g/mol. The van der Waals surface area contributed by atoms with E-state index in [1.54, 1.807) is 0 Å². The van der Waals surface area contributed by atoms with Crippen LogP contribution in [-0.4, -0.2) is 37.5 Å². The molecule has 0 bridgehead atoms. The number of hydrogen-bond acceptors (Lipinski definition) is 3. The van der Waals surface area contributed by atoms with Crippen molar-refractivity contribution in [2.75, 3.05) is 19.6 Å². The van der Waals surface area contributed by atoms with Crippen LogP contribution in [-0.2, 0) is 16.0 Å². The summed E-state index contributed by atoms with van der Waals surface area (Å²) >= 11 is 0. The molecule has 25 heavy (non-hydrogen) atoms. The molecule has 2 amide bonds. The molecule has 1 aliphatic heterocycles. The molecule has 1 saturated heterocycles. The summed E-state index contributed by atoms with van der Waals surface area (Å²) in [5.74, 6) is 0.185. The van der Waals surface area contributed by atoms with E-state index in [9.17, 15) is 9.59 Å². The van der Waals surface area contributed by atoms with E-state index in [-0.39, 0.29) is 30.8 Å². The maximum Gasteiger partial charge on any atom is 0.239 e. The topological polar surface area (TPSA) is 70.2 Å². The van der Waals surface area contributed by atoms with Crippen LogP contribution in [0.4, 0.5) is 0 Å². The normalized spacial score (nSPS) is 20.2. The van der Waals surface area contributed by atoms with Gasteiger partial charge in [-0.3, -0.25) is 9.59 Å². The maximum atomic E-state index is 12.2. The summed E-state index contributed by atoms with van der Waals surface area (Å²) in [5.41, 5.74) is 0.973. The van der Waals surface area contributed by atoms with Crippen molar-refractivity contribution < 1.29 is 9.59 Å². The second-order valence-electron chi connectivity index (χ2n) is 6.74. The number of fused-ring (bicyclic) bond motifs is 1. The minimum atomic E-state index is -0.138. The number of nitrogens with one attached hydrogen (secondary N) is 3. The summed E-state index contributed by atoms with van der Waals surface area (Å²) in [7, 11) is 0. The number of rotatable bonds is 5. The SMILES string of the molecule is CC1CCNCC1NC(=O)CNC(=O)Cc1cccc2ccccc12. The van der Waals surface area contributed by atoms with Crippen LogP contribution in [0, 0.1) is 5.92 Å². The van der Waals surface area contributed by atoms with Crippen LogP contribution in [0.15, 0.2) is 42.5 Å². The van der Waals surface area contributed by atoms with Gasteiger partial charge in [-0.2, -0.15) is 0 Å². The first-order chi connectivity index (χ1) is 12.1. The third kappa shape index (κ3) is 4.57. The molecule has 3 rings (SSSR count). The molecule has 5 nitrogen and oxygen atoms in total. The first kappa shape index (κ1) is 17.4. The van der Waals surface area contributed by atoms with Crippen LogP contribution < -0.4 is 16.0 Å². The summed E-state index contributed by atoms with van der Waals surface area (Å²) < 4.78 is 0. The third-order valence-corrected chi connectivity index (χ3v) is 4.85. The van der Waals surface area contributed by atoms with Crippen molar-refractivity contribution in [1.29, 1.82) is 0 Å². The Balaban J connectivity index is 1.51. The lowest BCUT2D eigenvalue weighted by molar-refractivity contribution is -0.126. The highest BCUT2D eigenvalue weighted by Gasteiger charge is 2.22. The average molecular weight is 339 g/mol. The van der Waals surface area contributed by atoms with Crippen molar-refractivity contribution in [3.05, 3.63) is 48.0 Å². The van der Waals surface area contributed by atoms with Gasteiger partial charge < -0.3 is 16.0 Å². The van der Waals surface area contributed by atoms with E-state index in [4.69, 9.17) is 0 Å². The van der Waals surface area contributed by atoms with Crippen molar-refractivity contribution in [2.24, 2.45) is 5.92 Å². The molecule has 1 fully saturated rings. The minimum absolute atomic E-state index is 0.0207. The Kier molecular flexibility index (Phi) is 5.66. The van der Waals surface area contributed by atoms with Crippen molar-refractivity contribution in [1.82, 2.24) is 16.0 Å². The highest BCUT2D eigenvalue weighted by atomic mass is 16.2. The molecule has 5 heteroatoms. The quantitative estimate of drug-likeness (QED) is 0.775. The second kappa shape index (κ2) is 8.12. The first-order valence-corrected chi connectivity index (χ1v) is 8.87. The van der Waals surface area contributed by atoms with Crippen LogP contribution in [0.2, 0.25) is 0 Å². The van der Waals surface area contributed by atoms with Gasteiger partial charge in [0.05, 0.1) is 13.0 Å². The highest BCUT2D eigenvalue weighted by molar-refractivity contribution is 5.91. The van der Waals surface area contributed by atoms with E-state index in [0.717, 1.165) is 35.8 Å². The molecule has 2 aromatic rings. The molecule has 0 radical (unpaired) electrons. The minimum Gasteiger partial charge on any atom is -0.350 e. The highest BCUT2D eigenvalue weighted by Crippen LogP contribution is 2.18. The fraction of sp³-hybridized carbons (Fsp3) is 0.400. The molecule has 3 N–H and O–H groups in total. The predicted octanol–water partition coefficient (Wildman–Crippen LogP) is 1.61. The second-order valence-corrected chi connectivity index (χ2v) is 6.74. The number of piperidine rings is 1. The molecule has 2 atom stereocenters. The van der Waals surface area contributed by atoms with E-state index >= 15 is 0 Å². The Labute approximate surface area is 148 Å². The predicted molar refractivity (Wildman–Crippen MR) is 99.2 cm³/mol. The molecular weight excluding hydrogens is 314 g/mol. The van der Waals surface area contributed by atoms with Crippen LogP contribution in [0.25, 0.3) is 10.8 Å². The summed E-state index contributed by atoms with van der Waals surface area (Å²) in [6.45, 7) is 3.95. The zero-order valence-electron chi connectivity index (χ0n) is 14.5. The summed E-state index contributed by atoms with van der Waals surface area (Å²) in [6.07, 6.45) is 1.33. The number of carbonyl (C=O) groups excluding carboxylic acids is 2. The van der Waals surface area contributed by atoms with Gasteiger partial charge in [0, 0.05) is 12.6 Å². The molecule has 1 aliphatic rings. The van der Waals surface area contributed by atoms with Crippen molar-refractivity contribution in [3.63, 3.8) is 0 Å². The number of amides is 2. The zero-order valence-corrected chi connectivity index (χ0v) is 14.5. The fourth-order valence-corrected chi connectivity index (χ4v) is 3.30. The van der Waals surface area contributed by atoms with Crippen LogP contribution in [0.1, 0.15) is 18.9 Å². The maximum absolute atomic E-state index is 12.2. The molecule has 0 aromatic heterocycles. The Morgan fingerprint density at radius 1 is 1.12 bits per heavy atom. The summed E-state index contributed by atoms with van der Waals surface area (Å²) in [6, 6.07) is 14.1. The van der Waals surface area contributed by atoms with Gasteiger partial charge in [-0.1, -0.05) is 49.4 Å². The first-order valence-electron chi connectivity index (χ1n) is 8.87. The molecule has 0 saturated carbocycles. The Morgan fingerprint density at radius 3 is 2.76 bits per heavy atom. The van der Waals surface area contributed by atoms with Gasteiger partial charge in [0.25, 0.3) is 0 Å². The van der Waals surface area contributed by atoms with Gasteiger partial charge in [0.2, 0.25) is 11.8 Å². The molecule has 2 unspecified atom stereocenters. The number of hydrogen-bond donors (Lipinski definition) is 3. The van der Waals surface area contributed by atoms with Crippen LogP contribution in [0.5, 0.6) is 0 Å².